The molecule has 0 aliphatic heterocycles. The van der Waals surface area contributed by atoms with Gasteiger partial charge in [0.05, 0.1) is 30.0 Å². The minimum atomic E-state index is -3.38. The van der Waals surface area contributed by atoms with Crippen LogP contribution >= 0.6 is 0 Å². The Balaban J connectivity index is 0.000000151. The van der Waals surface area contributed by atoms with Crippen molar-refractivity contribution in [3.63, 3.8) is 0 Å². The SMILES string of the molecule is Cc1nc(NC(=O)Nc2ccc(N)cc2C)nc(-c2ccccn2)n1.Cc1nc(NC(=O)Nc2ccc(NCc3ccccc3)nc2)nc(-c2ccccn2)n1.Cc1nc(NC(=O)Nc2ccc(NS(C)(=O)=O)cc2C)nc(-c2ccccn2)n1.Cc1nc(NC(=O)Nc2ccc(Nc3ccccc3)nc2)nc(-c2ccccn2)n1. The van der Waals surface area contributed by atoms with Crippen LogP contribution in [-0.4, -0.2) is 129 Å². The number of urea groups is 4. The van der Waals surface area contributed by atoms with E-state index in [4.69, 9.17) is 5.73 Å². The summed E-state index contributed by atoms with van der Waals surface area (Å²) < 4.78 is 25.0. The largest absolute Gasteiger partial charge is 0.399 e. The topological polar surface area (TPSA) is 493 Å². The van der Waals surface area contributed by atoms with Gasteiger partial charge in [-0.2, -0.15) is 39.9 Å². The first kappa shape index (κ1) is 80.1. The van der Waals surface area contributed by atoms with E-state index in [0.29, 0.717) is 127 Å². The molecule has 4 aromatic carbocycles. The van der Waals surface area contributed by atoms with Crippen molar-refractivity contribution in [1.82, 2.24) is 89.7 Å². The van der Waals surface area contributed by atoms with Gasteiger partial charge in [-0.25, -0.2) is 57.5 Å². The monoisotopic (exact) mass is 1560 g/mol. The van der Waals surface area contributed by atoms with Crippen LogP contribution in [0.4, 0.5) is 94.4 Å². The molecule has 36 nitrogen and oxygen atoms in total. The minimum Gasteiger partial charge on any atom is -0.399 e. The number of aromatic nitrogens is 18. The molecule has 13 N–H and O–H groups in total. The van der Waals surface area contributed by atoms with E-state index < -0.39 is 34.1 Å². The van der Waals surface area contributed by atoms with Crippen LogP contribution in [-0.2, 0) is 16.6 Å². The fraction of sp³-hybridized carbons (Fsp3) is 0.103. The summed E-state index contributed by atoms with van der Waals surface area (Å²) in [6, 6.07) is 56.5. The molecule has 578 valence electrons. The van der Waals surface area contributed by atoms with Crippen molar-refractivity contribution < 1.29 is 27.6 Å². The summed E-state index contributed by atoms with van der Waals surface area (Å²) in [5.41, 5.74) is 15.0. The zero-order chi connectivity index (χ0) is 81.1. The van der Waals surface area contributed by atoms with Crippen LogP contribution in [0.5, 0.6) is 0 Å². The average Bonchev–Trinajstić information content (AvgIpc) is 0.847. The van der Waals surface area contributed by atoms with Crippen LogP contribution in [0.25, 0.3) is 46.1 Å². The lowest BCUT2D eigenvalue weighted by molar-refractivity contribution is 0.261. The molecule has 0 unspecified atom stereocenters. The number of carbonyl (C=O) groups is 4. The molecule has 0 atom stereocenters. The van der Waals surface area contributed by atoms with Gasteiger partial charge >= 0.3 is 24.1 Å². The fourth-order valence-corrected chi connectivity index (χ4v) is 10.7. The Labute approximate surface area is 658 Å². The van der Waals surface area contributed by atoms with E-state index in [-0.39, 0.29) is 23.8 Å². The van der Waals surface area contributed by atoms with Crippen molar-refractivity contribution in [2.24, 2.45) is 0 Å². The quantitative estimate of drug-likeness (QED) is 0.0335. The number of nitrogen functional groups attached to an aromatic ring is 1. The second kappa shape index (κ2) is 38.9. The van der Waals surface area contributed by atoms with Crippen molar-refractivity contribution >= 4 is 109 Å². The minimum absolute atomic E-state index is 0.0867. The molecule has 0 spiro atoms. The summed E-state index contributed by atoms with van der Waals surface area (Å²) in [4.78, 5) is 125. The summed E-state index contributed by atoms with van der Waals surface area (Å²) in [5.74, 6) is 5.27. The third kappa shape index (κ3) is 25.6. The number of carbonyl (C=O) groups excluding carboxylic acids is 4. The number of nitrogens with zero attached hydrogens (tertiary/aromatic N) is 18. The molecule has 0 aliphatic carbocycles. The molecule has 14 aromatic rings. The highest BCUT2D eigenvalue weighted by Crippen LogP contribution is 2.24. The molecule has 0 radical (unpaired) electrons. The number of amides is 8. The molecule has 37 heteroatoms. The molecular weight excluding hydrogens is 1490 g/mol. The molecule has 8 amide bonds. The molecule has 115 heavy (non-hydrogen) atoms. The first-order chi connectivity index (χ1) is 55.5. The number of pyridine rings is 6. The number of rotatable bonds is 19. The van der Waals surface area contributed by atoms with Crippen LogP contribution < -0.4 is 63.6 Å². The van der Waals surface area contributed by atoms with Crippen molar-refractivity contribution in [3.8, 4) is 46.1 Å². The van der Waals surface area contributed by atoms with Gasteiger partial charge in [0.2, 0.25) is 33.8 Å². The number of nitrogens with two attached hydrogens (primary N) is 1. The zero-order valence-electron chi connectivity index (χ0n) is 62.6. The van der Waals surface area contributed by atoms with Gasteiger partial charge in [0, 0.05) is 59.8 Å². The van der Waals surface area contributed by atoms with Gasteiger partial charge in [-0.05, 0) is 180 Å². The molecule has 14 rings (SSSR count). The van der Waals surface area contributed by atoms with E-state index in [1.165, 1.54) is 0 Å². The number of benzene rings is 4. The van der Waals surface area contributed by atoms with Gasteiger partial charge in [-0.15, -0.1) is 0 Å². The Bertz CT molecular complexity index is 5770. The second-order valence-corrected chi connectivity index (χ2v) is 26.2. The Morgan fingerprint density at radius 3 is 1.05 bits per heavy atom. The third-order valence-corrected chi connectivity index (χ3v) is 15.8. The Kier molecular flexibility index (Phi) is 27.1. The first-order valence-electron chi connectivity index (χ1n) is 34.9. The maximum atomic E-state index is 12.4. The molecule has 0 fully saturated rings. The van der Waals surface area contributed by atoms with Crippen LogP contribution in [0, 0.1) is 41.5 Å². The van der Waals surface area contributed by atoms with E-state index in [1.54, 1.807) is 181 Å². The fourth-order valence-electron chi connectivity index (χ4n) is 10.1. The lowest BCUT2D eigenvalue weighted by Crippen LogP contribution is -2.22. The van der Waals surface area contributed by atoms with E-state index in [9.17, 15) is 27.6 Å². The Morgan fingerprint density at radius 1 is 0.339 bits per heavy atom. The maximum Gasteiger partial charge on any atom is 0.326 e. The highest BCUT2D eigenvalue weighted by atomic mass is 32.2. The highest BCUT2D eigenvalue weighted by molar-refractivity contribution is 7.92. The van der Waals surface area contributed by atoms with Gasteiger partial charge in [0.25, 0.3) is 0 Å². The lowest BCUT2D eigenvalue weighted by Gasteiger charge is -2.12. The van der Waals surface area contributed by atoms with E-state index in [2.05, 4.69) is 148 Å². The molecule has 0 aliphatic rings. The zero-order valence-corrected chi connectivity index (χ0v) is 63.4. The van der Waals surface area contributed by atoms with Gasteiger partial charge in [0.1, 0.15) is 57.7 Å². The van der Waals surface area contributed by atoms with Crippen LogP contribution in [0.3, 0.4) is 0 Å². The van der Waals surface area contributed by atoms with E-state index >= 15 is 0 Å². The van der Waals surface area contributed by atoms with Gasteiger partial charge in [-0.1, -0.05) is 72.8 Å². The maximum absolute atomic E-state index is 12.4. The normalized spacial score (nSPS) is 10.5. The van der Waals surface area contributed by atoms with Crippen molar-refractivity contribution in [3.05, 3.63) is 271 Å². The van der Waals surface area contributed by atoms with Crippen molar-refractivity contribution in [2.75, 3.05) is 69.9 Å². The predicted molar refractivity (Wildman–Crippen MR) is 439 cm³/mol. The Morgan fingerprint density at radius 2 is 0.696 bits per heavy atom. The summed E-state index contributed by atoms with van der Waals surface area (Å²) in [7, 11) is -3.38. The molecule has 0 saturated heterocycles. The number of hydrogen-bond donors (Lipinski definition) is 12. The van der Waals surface area contributed by atoms with Crippen LogP contribution in [0.1, 0.15) is 40.0 Å². The van der Waals surface area contributed by atoms with Gasteiger partial charge in [0.15, 0.2) is 23.3 Å². The number of para-hydroxylation sites is 1. The van der Waals surface area contributed by atoms with Gasteiger partial charge in [-0.3, -0.25) is 45.9 Å². The van der Waals surface area contributed by atoms with E-state index in [0.717, 1.165) is 23.1 Å². The Hall–Kier alpha value is -16.0. The average molecular weight is 1560 g/mol. The summed E-state index contributed by atoms with van der Waals surface area (Å²) in [5, 5.41) is 27.7. The second-order valence-electron chi connectivity index (χ2n) is 24.5. The van der Waals surface area contributed by atoms with Crippen molar-refractivity contribution in [2.45, 2.75) is 48.1 Å². The number of aryl methyl sites for hydroxylation is 6. The summed E-state index contributed by atoms with van der Waals surface area (Å²) in [6.45, 7) is 11.1. The van der Waals surface area contributed by atoms with Crippen LogP contribution in [0.2, 0.25) is 0 Å². The summed E-state index contributed by atoms with van der Waals surface area (Å²) in [6.07, 6.45) is 10.8. The number of hydrogen-bond acceptors (Lipinski definition) is 27. The molecule has 10 aromatic heterocycles. The molecular formula is C78H74N30O6S. The summed E-state index contributed by atoms with van der Waals surface area (Å²) >= 11 is 0. The smallest absolute Gasteiger partial charge is 0.326 e. The first-order valence-corrected chi connectivity index (χ1v) is 36.8. The highest BCUT2D eigenvalue weighted by Gasteiger charge is 2.17. The molecule has 10 heterocycles. The van der Waals surface area contributed by atoms with E-state index in [1.807, 2.05) is 91.9 Å². The number of sulfonamides is 1. The standard InChI is InChI=1S/C22H20N8O.C21H18N8O.C18H19N7O3S.C17H17N7O/c1-15-26-20(18-9-5-6-12-23-18)29-21(27-15)30-22(31)28-17-10-11-19(25-14-17)24-13-16-7-3-2-4-8-16;1-14-24-19(17-9-5-6-12-22-17)28-20(25-14)29-21(30)27-16-10-11-18(23-13-16)26-15-7-3-2-4-8-15;1-11-10-13(25-29(3,27)28)7-8-14(11)22-18(26)24-17-21-12(2)20-16(23-17)15-6-4-5-9-19-15;1-10-9-12(18)6-7-13(10)22-17(25)24-16-21-11(2)20-15(23-16)14-5-3-4-8-19-14/h2-12,14H,13H2,1H3,(H,24,25)(H2,26,27,28,29,30,31);2-13H,1H3,(H,23,26)(H2,24,25,27,28,29,30);4-10,25H,1-3H3,(H2,20,21,22,23,24,26);3-9H,18H2,1-2H3,(H2,20,21,22,23,24,25). The number of nitrogens with one attached hydrogen (secondary N) is 11. The van der Waals surface area contributed by atoms with Gasteiger partial charge < -0.3 is 37.6 Å². The number of anilines is 13. The van der Waals surface area contributed by atoms with Crippen LogP contribution in [0.15, 0.2) is 231 Å². The van der Waals surface area contributed by atoms with Crippen molar-refractivity contribution in [1.29, 1.82) is 0 Å². The molecule has 0 saturated carbocycles. The molecule has 0 bridgehead atoms. The third-order valence-electron chi connectivity index (χ3n) is 15.1. The predicted octanol–water partition coefficient (Wildman–Crippen LogP) is 13.3. The lowest BCUT2D eigenvalue weighted by atomic mass is 10.2.